The first-order valence-corrected chi connectivity index (χ1v) is 14.3. The highest BCUT2D eigenvalue weighted by molar-refractivity contribution is 8.01. The second-order valence-electron chi connectivity index (χ2n) is 8.91. The van der Waals surface area contributed by atoms with Crippen molar-refractivity contribution in [2.24, 2.45) is 5.73 Å². The molecule has 10 nitrogen and oxygen atoms in total. The molecule has 5 rings (SSSR count). The summed E-state index contributed by atoms with van der Waals surface area (Å²) in [5.41, 5.74) is 8.93. The van der Waals surface area contributed by atoms with E-state index >= 15 is 0 Å². The Morgan fingerprint density at radius 3 is 2.67 bits per heavy atom. The average Bonchev–Trinajstić information content (AvgIpc) is 3.40. The van der Waals surface area contributed by atoms with E-state index in [1.54, 1.807) is 41.3 Å². The van der Waals surface area contributed by atoms with Crippen LogP contribution in [0.25, 0.3) is 0 Å². The van der Waals surface area contributed by atoms with Gasteiger partial charge in [-0.05, 0) is 42.7 Å². The number of anilines is 2. The van der Waals surface area contributed by atoms with Crippen LogP contribution in [-0.2, 0) is 9.59 Å². The summed E-state index contributed by atoms with van der Waals surface area (Å²) in [5.74, 6) is -2.08. The van der Waals surface area contributed by atoms with Gasteiger partial charge in [-0.25, -0.2) is 4.79 Å². The third-order valence-corrected chi connectivity index (χ3v) is 8.76. The molecule has 1 atom stereocenters. The second-order valence-corrected chi connectivity index (χ2v) is 11.5. The standard InChI is InChI=1S/C27H21ClN6O4S2/c28-15-10-8-14(9-11-15)22-17(12-29)24(30)34(19-6-3-7-20(35)23(19)22)26-32-33-27(40-26)39-13-21(36)31-18-5-2-1-4-16(18)25(37)38/h1-2,4-5,8-11,22H,3,6-7,13,30H2,(H,31,36)(H,37,38). The molecule has 0 saturated heterocycles. The first-order valence-electron chi connectivity index (χ1n) is 12.1. The van der Waals surface area contributed by atoms with Gasteiger partial charge in [-0.3, -0.25) is 14.5 Å². The number of carboxylic acids is 1. The van der Waals surface area contributed by atoms with E-state index in [-0.39, 0.29) is 34.2 Å². The zero-order valence-corrected chi connectivity index (χ0v) is 23.1. The van der Waals surface area contributed by atoms with Gasteiger partial charge in [-0.1, -0.05) is 59.0 Å². The zero-order valence-electron chi connectivity index (χ0n) is 20.8. The number of nitrogens with two attached hydrogens (primary N) is 1. The van der Waals surface area contributed by atoms with Crippen molar-refractivity contribution >= 4 is 63.2 Å². The average molecular weight is 593 g/mol. The van der Waals surface area contributed by atoms with Crippen LogP contribution in [0.2, 0.25) is 5.02 Å². The Labute approximate surface area is 242 Å². The molecule has 2 aliphatic rings. The summed E-state index contributed by atoms with van der Waals surface area (Å²) >= 11 is 8.37. The van der Waals surface area contributed by atoms with Crippen molar-refractivity contribution < 1.29 is 19.5 Å². The lowest BCUT2D eigenvalue weighted by molar-refractivity contribution is -0.116. The number of aromatic carboxylic acids is 1. The quantitative estimate of drug-likeness (QED) is 0.321. The van der Waals surface area contributed by atoms with E-state index in [9.17, 15) is 24.8 Å². The van der Waals surface area contributed by atoms with Crippen molar-refractivity contribution in [3.05, 3.63) is 87.3 Å². The normalized spacial score (nSPS) is 16.9. The third-order valence-electron chi connectivity index (χ3n) is 6.46. The minimum Gasteiger partial charge on any atom is -0.478 e. The van der Waals surface area contributed by atoms with E-state index in [2.05, 4.69) is 21.6 Å². The minimum atomic E-state index is -1.14. The fourth-order valence-corrected chi connectivity index (χ4v) is 6.54. The predicted molar refractivity (Wildman–Crippen MR) is 152 cm³/mol. The molecule has 1 aromatic heterocycles. The fraction of sp³-hybridized carbons (Fsp3) is 0.185. The van der Waals surface area contributed by atoms with Crippen molar-refractivity contribution in [2.45, 2.75) is 29.5 Å². The highest BCUT2D eigenvalue weighted by Crippen LogP contribution is 2.47. The number of allylic oxidation sites excluding steroid dienone is 3. The number of hydrogen-bond donors (Lipinski definition) is 3. The monoisotopic (exact) mass is 592 g/mol. The number of halogens is 1. The summed E-state index contributed by atoms with van der Waals surface area (Å²) < 4.78 is 0.465. The number of para-hydroxylation sites is 1. The van der Waals surface area contributed by atoms with Gasteiger partial charge >= 0.3 is 5.97 Å². The molecule has 1 aliphatic carbocycles. The Morgan fingerprint density at radius 2 is 1.95 bits per heavy atom. The van der Waals surface area contributed by atoms with E-state index in [0.29, 0.717) is 45.0 Å². The first kappa shape index (κ1) is 27.4. The number of thioether (sulfide) groups is 1. The number of nitrogens with one attached hydrogen (secondary N) is 1. The van der Waals surface area contributed by atoms with Crippen LogP contribution in [0.3, 0.4) is 0 Å². The lowest BCUT2D eigenvalue weighted by Crippen LogP contribution is -2.38. The molecule has 0 spiro atoms. The summed E-state index contributed by atoms with van der Waals surface area (Å²) in [6, 6.07) is 15.3. The number of ketones is 1. The number of hydrogen-bond acceptors (Lipinski definition) is 10. The molecule has 1 amide bonds. The summed E-state index contributed by atoms with van der Waals surface area (Å²) in [4.78, 5) is 38.8. The van der Waals surface area contributed by atoms with Gasteiger partial charge in [-0.15, -0.1) is 10.2 Å². The molecular weight excluding hydrogens is 572 g/mol. The van der Waals surface area contributed by atoms with Gasteiger partial charge in [0, 0.05) is 22.7 Å². The van der Waals surface area contributed by atoms with Gasteiger partial charge < -0.3 is 16.2 Å². The Morgan fingerprint density at radius 1 is 1.20 bits per heavy atom. The lowest BCUT2D eigenvalue weighted by Gasteiger charge is -2.38. The number of Topliss-reactive ketones (excluding diaryl/α,β-unsaturated/α-hetero) is 1. The Hall–Kier alpha value is -4.18. The molecule has 4 N–H and O–H groups in total. The van der Waals surface area contributed by atoms with Crippen LogP contribution >= 0.6 is 34.7 Å². The maximum atomic E-state index is 13.2. The van der Waals surface area contributed by atoms with Crippen LogP contribution in [0.4, 0.5) is 10.8 Å². The molecule has 3 aromatic rings. The van der Waals surface area contributed by atoms with E-state index in [1.807, 2.05) is 0 Å². The number of rotatable bonds is 7. The van der Waals surface area contributed by atoms with Gasteiger partial charge in [0.05, 0.1) is 34.6 Å². The SMILES string of the molecule is N#CC1=C(N)N(c2nnc(SCC(=O)Nc3ccccc3C(=O)O)s2)C2=C(C(=O)CCC2)C1c1ccc(Cl)cc1. The van der Waals surface area contributed by atoms with Crippen molar-refractivity contribution in [2.75, 3.05) is 16.0 Å². The van der Waals surface area contributed by atoms with Crippen molar-refractivity contribution in [3.63, 3.8) is 0 Å². The van der Waals surface area contributed by atoms with E-state index < -0.39 is 17.8 Å². The highest BCUT2D eigenvalue weighted by Gasteiger charge is 2.41. The Balaban J connectivity index is 1.40. The smallest absolute Gasteiger partial charge is 0.337 e. The molecule has 1 aliphatic heterocycles. The molecule has 40 heavy (non-hydrogen) atoms. The van der Waals surface area contributed by atoms with Gasteiger partial charge in [0.25, 0.3) is 0 Å². The lowest BCUT2D eigenvalue weighted by atomic mass is 9.76. The van der Waals surface area contributed by atoms with Gasteiger partial charge in [0.2, 0.25) is 11.0 Å². The highest BCUT2D eigenvalue weighted by atomic mass is 35.5. The molecule has 0 saturated carbocycles. The number of aromatic nitrogens is 2. The summed E-state index contributed by atoms with van der Waals surface area (Å²) in [6.45, 7) is 0. The minimum absolute atomic E-state index is 0.0114. The van der Waals surface area contributed by atoms with Crippen LogP contribution < -0.4 is 16.0 Å². The van der Waals surface area contributed by atoms with Crippen LogP contribution in [-0.4, -0.2) is 38.7 Å². The van der Waals surface area contributed by atoms with Gasteiger partial charge in [0.15, 0.2) is 10.1 Å². The summed E-state index contributed by atoms with van der Waals surface area (Å²) in [6.07, 6.45) is 1.57. The van der Waals surface area contributed by atoms with E-state index in [4.69, 9.17) is 17.3 Å². The number of carboxylic acid groups (broad SMARTS) is 1. The van der Waals surface area contributed by atoms with Crippen LogP contribution in [0.15, 0.2) is 75.5 Å². The number of carbonyl (C=O) groups excluding carboxylic acids is 2. The Kier molecular flexibility index (Phi) is 7.88. The topological polar surface area (TPSA) is 162 Å². The van der Waals surface area contributed by atoms with Crippen LogP contribution in [0, 0.1) is 11.3 Å². The zero-order chi connectivity index (χ0) is 28.4. The molecule has 0 radical (unpaired) electrons. The van der Waals surface area contributed by atoms with Crippen LogP contribution in [0.1, 0.15) is 41.1 Å². The van der Waals surface area contributed by atoms with Gasteiger partial charge in [-0.2, -0.15) is 5.26 Å². The molecule has 0 bridgehead atoms. The van der Waals surface area contributed by atoms with Crippen molar-refractivity contribution in [1.82, 2.24) is 10.2 Å². The predicted octanol–water partition coefficient (Wildman–Crippen LogP) is 4.93. The molecule has 2 aromatic carbocycles. The summed E-state index contributed by atoms with van der Waals surface area (Å²) in [5, 5.41) is 31.4. The number of carbonyl (C=O) groups is 3. The molecule has 202 valence electrons. The number of amides is 1. The Bertz CT molecular complexity index is 1630. The molecular formula is C27H21ClN6O4S2. The number of nitrogens with zero attached hydrogens (tertiary/aromatic N) is 4. The van der Waals surface area contributed by atoms with Gasteiger partial charge in [0.1, 0.15) is 5.82 Å². The maximum absolute atomic E-state index is 13.2. The van der Waals surface area contributed by atoms with Crippen molar-refractivity contribution in [1.29, 1.82) is 5.26 Å². The molecule has 2 heterocycles. The van der Waals surface area contributed by atoms with Crippen LogP contribution in [0.5, 0.6) is 0 Å². The van der Waals surface area contributed by atoms with Crippen molar-refractivity contribution in [3.8, 4) is 6.07 Å². The van der Waals surface area contributed by atoms with E-state index in [1.165, 1.54) is 23.5 Å². The van der Waals surface area contributed by atoms with E-state index in [0.717, 1.165) is 17.3 Å². The second kappa shape index (κ2) is 11.5. The first-order chi connectivity index (χ1) is 19.3. The summed E-state index contributed by atoms with van der Waals surface area (Å²) in [7, 11) is 0. The molecule has 13 heteroatoms. The fourth-order valence-electron chi connectivity index (χ4n) is 4.74. The maximum Gasteiger partial charge on any atom is 0.337 e. The molecule has 1 unspecified atom stereocenters. The number of nitriles is 1. The number of benzene rings is 2. The molecule has 0 fully saturated rings. The largest absolute Gasteiger partial charge is 0.478 e. The third kappa shape index (κ3) is 5.31.